The summed E-state index contributed by atoms with van der Waals surface area (Å²) in [6.45, 7) is 12.9. The number of para-hydroxylation sites is 1. The molecule has 7 nitrogen and oxygen atoms in total. The van der Waals surface area contributed by atoms with E-state index in [9.17, 15) is 14.4 Å². The SMILES string of the molecule is CCCN(C(=O)CNC(=O)OC(C)(C)C)C(C(=O)Nc1c(C)cccc1Cl)c1cccc(C)c1C. The van der Waals surface area contributed by atoms with Crippen LogP contribution in [0.3, 0.4) is 0 Å². The number of ether oxygens (including phenoxy) is 1. The summed E-state index contributed by atoms with van der Waals surface area (Å²) in [7, 11) is 0. The summed E-state index contributed by atoms with van der Waals surface area (Å²) in [4.78, 5) is 40.7. The molecule has 1 unspecified atom stereocenters. The van der Waals surface area contributed by atoms with Gasteiger partial charge in [-0.1, -0.05) is 48.9 Å². The second-order valence-electron chi connectivity index (χ2n) is 9.56. The Morgan fingerprint density at radius 2 is 1.66 bits per heavy atom. The number of nitrogens with one attached hydrogen (secondary N) is 2. The molecule has 0 aromatic heterocycles. The van der Waals surface area contributed by atoms with Gasteiger partial charge in [-0.2, -0.15) is 0 Å². The van der Waals surface area contributed by atoms with Gasteiger partial charge < -0.3 is 20.3 Å². The first-order valence-corrected chi connectivity index (χ1v) is 12.1. The van der Waals surface area contributed by atoms with Gasteiger partial charge >= 0.3 is 6.09 Å². The first kappa shape index (κ1) is 28.2. The van der Waals surface area contributed by atoms with Crippen LogP contribution in [0.25, 0.3) is 0 Å². The Hall–Kier alpha value is -3.06. The van der Waals surface area contributed by atoms with Crippen LogP contribution in [-0.4, -0.2) is 41.5 Å². The summed E-state index contributed by atoms with van der Waals surface area (Å²) in [5.41, 5.74) is 3.26. The number of nitrogens with zero attached hydrogens (tertiary/aromatic N) is 1. The number of hydrogen-bond acceptors (Lipinski definition) is 4. The van der Waals surface area contributed by atoms with E-state index in [0.717, 1.165) is 16.7 Å². The molecule has 0 radical (unpaired) electrons. The van der Waals surface area contributed by atoms with Gasteiger partial charge in [0.1, 0.15) is 18.2 Å². The van der Waals surface area contributed by atoms with E-state index in [1.54, 1.807) is 26.8 Å². The molecular weight excluding hydrogens is 466 g/mol. The highest BCUT2D eigenvalue weighted by atomic mass is 35.5. The lowest BCUT2D eigenvalue weighted by Gasteiger charge is -2.33. The van der Waals surface area contributed by atoms with Crippen LogP contribution in [0.15, 0.2) is 36.4 Å². The number of benzene rings is 2. The van der Waals surface area contributed by atoms with E-state index in [1.807, 2.05) is 58.0 Å². The summed E-state index contributed by atoms with van der Waals surface area (Å²) in [6, 6.07) is 10.1. The van der Waals surface area contributed by atoms with Crippen molar-refractivity contribution in [3.63, 3.8) is 0 Å². The van der Waals surface area contributed by atoms with E-state index in [1.165, 1.54) is 4.90 Å². The zero-order valence-corrected chi connectivity index (χ0v) is 22.4. The minimum Gasteiger partial charge on any atom is -0.444 e. The highest BCUT2D eigenvalue weighted by molar-refractivity contribution is 6.34. The van der Waals surface area contributed by atoms with E-state index in [2.05, 4.69) is 10.6 Å². The Bertz CT molecular complexity index is 1060. The second kappa shape index (κ2) is 12.1. The minimum absolute atomic E-state index is 0.297. The van der Waals surface area contributed by atoms with Crippen LogP contribution in [0.5, 0.6) is 0 Å². The van der Waals surface area contributed by atoms with Crippen LogP contribution in [-0.2, 0) is 14.3 Å². The summed E-state index contributed by atoms with van der Waals surface area (Å²) in [5, 5.41) is 5.86. The molecule has 0 spiro atoms. The van der Waals surface area contributed by atoms with E-state index in [-0.39, 0.29) is 12.5 Å². The predicted octanol–water partition coefficient (Wildman–Crippen LogP) is 5.71. The standard InChI is InChI=1S/C27H36ClN3O4/c1-8-15-31(22(32)16-29-26(34)35-27(5,6)7)24(20-13-9-11-17(2)19(20)4)25(33)30-23-18(3)12-10-14-21(23)28/h9-14,24H,8,15-16H2,1-7H3,(H,29,34)(H,30,33). The smallest absolute Gasteiger partial charge is 0.408 e. The molecule has 0 saturated carbocycles. The van der Waals surface area contributed by atoms with Crippen LogP contribution < -0.4 is 10.6 Å². The van der Waals surface area contributed by atoms with Crippen LogP contribution in [0.2, 0.25) is 5.02 Å². The molecule has 8 heteroatoms. The Morgan fingerprint density at radius 1 is 1.03 bits per heavy atom. The molecule has 0 heterocycles. The lowest BCUT2D eigenvalue weighted by Crippen LogP contribution is -2.47. The Morgan fingerprint density at radius 3 is 2.26 bits per heavy atom. The molecule has 0 aliphatic heterocycles. The zero-order valence-electron chi connectivity index (χ0n) is 21.6. The molecule has 0 saturated heterocycles. The number of carbonyl (C=O) groups is 3. The molecule has 190 valence electrons. The average molecular weight is 502 g/mol. The number of alkyl carbamates (subject to hydrolysis) is 1. The van der Waals surface area contributed by atoms with Gasteiger partial charge in [-0.3, -0.25) is 9.59 Å². The normalized spacial score (nSPS) is 12.0. The molecule has 2 aromatic carbocycles. The Kier molecular flexibility index (Phi) is 9.72. The van der Waals surface area contributed by atoms with Crippen molar-refractivity contribution >= 4 is 35.2 Å². The van der Waals surface area contributed by atoms with Crippen molar-refractivity contribution in [2.45, 2.75) is 66.5 Å². The van der Waals surface area contributed by atoms with E-state index in [4.69, 9.17) is 16.3 Å². The maximum Gasteiger partial charge on any atom is 0.408 e. The lowest BCUT2D eigenvalue weighted by molar-refractivity contribution is -0.138. The fraction of sp³-hybridized carbons (Fsp3) is 0.444. The maximum absolute atomic E-state index is 13.8. The van der Waals surface area contributed by atoms with Crippen LogP contribution >= 0.6 is 11.6 Å². The molecule has 0 fully saturated rings. The van der Waals surface area contributed by atoms with Gasteiger partial charge in [-0.15, -0.1) is 0 Å². The molecule has 0 bridgehead atoms. The molecule has 2 N–H and O–H groups in total. The van der Waals surface area contributed by atoms with Crippen molar-refractivity contribution in [2.24, 2.45) is 0 Å². The summed E-state index contributed by atoms with van der Waals surface area (Å²) < 4.78 is 5.25. The molecule has 0 aliphatic carbocycles. The van der Waals surface area contributed by atoms with Gasteiger partial charge in [0.15, 0.2) is 0 Å². The van der Waals surface area contributed by atoms with Crippen LogP contribution in [0.4, 0.5) is 10.5 Å². The molecule has 2 aromatic rings. The highest BCUT2D eigenvalue weighted by Gasteiger charge is 2.33. The number of halogens is 1. The van der Waals surface area contributed by atoms with Crippen molar-refractivity contribution in [3.05, 3.63) is 63.7 Å². The quantitative estimate of drug-likeness (QED) is 0.485. The van der Waals surface area contributed by atoms with Gasteiger partial charge in [-0.05, 0) is 76.3 Å². The van der Waals surface area contributed by atoms with Gasteiger partial charge in [0, 0.05) is 6.54 Å². The molecule has 0 aliphatic rings. The van der Waals surface area contributed by atoms with Crippen LogP contribution in [0, 0.1) is 20.8 Å². The topological polar surface area (TPSA) is 87.7 Å². The van der Waals surface area contributed by atoms with Crippen molar-refractivity contribution in [1.82, 2.24) is 10.2 Å². The van der Waals surface area contributed by atoms with Crippen molar-refractivity contribution in [1.29, 1.82) is 0 Å². The fourth-order valence-electron chi connectivity index (χ4n) is 3.70. The second-order valence-corrected chi connectivity index (χ2v) is 9.96. The third-order valence-electron chi connectivity index (χ3n) is 5.54. The third-order valence-corrected chi connectivity index (χ3v) is 5.85. The summed E-state index contributed by atoms with van der Waals surface area (Å²) in [5.74, 6) is -0.774. The van der Waals surface area contributed by atoms with Gasteiger partial charge in [0.05, 0.1) is 10.7 Å². The average Bonchev–Trinajstić information content (AvgIpc) is 2.76. The number of hydrogen-bond donors (Lipinski definition) is 2. The fourth-order valence-corrected chi connectivity index (χ4v) is 3.97. The van der Waals surface area contributed by atoms with Gasteiger partial charge in [-0.25, -0.2) is 4.79 Å². The number of carbonyl (C=O) groups excluding carboxylic acids is 3. The molecule has 35 heavy (non-hydrogen) atoms. The molecular formula is C27H36ClN3O4. The summed E-state index contributed by atoms with van der Waals surface area (Å²) in [6.07, 6.45) is -0.0699. The highest BCUT2D eigenvalue weighted by Crippen LogP contribution is 2.31. The maximum atomic E-state index is 13.8. The Balaban J connectivity index is 2.44. The largest absolute Gasteiger partial charge is 0.444 e. The van der Waals surface area contributed by atoms with Gasteiger partial charge in [0.25, 0.3) is 5.91 Å². The molecule has 3 amide bonds. The Labute approximate surface area is 213 Å². The van der Waals surface area contributed by atoms with E-state index < -0.39 is 23.6 Å². The van der Waals surface area contributed by atoms with Crippen molar-refractivity contribution in [2.75, 3.05) is 18.4 Å². The number of rotatable bonds is 8. The van der Waals surface area contributed by atoms with Crippen molar-refractivity contribution < 1.29 is 19.1 Å². The van der Waals surface area contributed by atoms with Crippen LogP contribution in [0.1, 0.15) is 62.4 Å². The monoisotopic (exact) mass is 501 g/mol. The number of aryl methyl sites for hydroxylation is 2. The first-order valence-electron chi connectivity index (χ1n) is 11.7. The molecule has 1 atom stereocenters. The lowest BCUT2D eigenvalue weighted by atomic mass is 9.95. The van der Waals surface area contributed by atoms with Gasteiger partial charge in [0.2, 0.25) is 5.91 Å². The van der Waals surface area contributed by atoms with Crippen molar-refractivity contribution in [3.8, 4) is 0 Å². The third kappa shape index (κ3) is 7.72. The zero-order chi connectivity index (χ0) is 26.3. The minimum atomic E-state index is -0.918. The first-order chi connectivity index (χ1) is 16.4. The number of amides is 3. The van der Waals surface area contributed by atoms with E-state index >= 15 is 0 Å². The number of anilines is 1. The predicted molar refractivity (Wildman–Crippen MR) is 140 cm³/mol. The summed E-state index contributed by atoms with van der Waals surface area (Å²) >= 11 is 6.36. The molecule has 2 rings (SSSR count). The van der Waals surface area contributed by atoms with E-state index in [0.29, 0.717) is 29.2 Å².